The van der Waals surface area contributed by atoms with Gasteiger partial charge >= 0.3 is 5.97 Å². The minimum absolute atomic E-state index is 0.202. The van der Waals surface area contributed by atoms with Crippen LogP contribution in [0.2, 0.25) is 0 Å². The number of hydrogen-bond donors (Lipinski definition) is 1. The van der Waals surface area contributed by atoms with Gasteiger partial charge in [0.2, 0.25) is 0 Å². The molecule has 0 saturated heterocycles. The molecule has 0 aromatic carbocycles. The highest BCUT2D eigenvalue weighted by Gasteiger charge is 2.24. The number of imidazole rings is 1. The van der Waals surface area contributed by atoms with Gasteiger partial charge in [0.05, 0.1) is 19.1 Å². The molecule has 0 aliphatic carbocycles. The molecule has 1 N–H and O–H groups in total. The first kappa shape index (κ1) is 14.7. The number of esters is 1. The van der Waals surface area contributed by atoms with E-state index in [0.717, 1.165) is 18.7 Å². The van der Waals surface area contributed by atoms with Crippen molar-refractivity contribution < 1.29 is 9.53 Å². The van der Waals surface area contributed by atoms with Crippen molar-refractivity contribution in [2.75, 3.05) is 7.11 Å². The normalized spacial score (nSPS) is 14.2. The number of carbonyl (C=O) groups excluding carboxylic acids is 1. The molecule has 0 aliphatic rings. The van der Waals surface area contributed by atoms with Crippen LogP contribution in [0, 0.1) is 5.92 Å². The molecule has 0 bridgehead atoms. The predicted octanol–water partition coefficient (Wildman–Crippen LogP) is 1.58. The zero-order valence-electron chi connectivity index (χ0n) is 11.6. The van der Waals surface area contributed by atoms with Crippen LogP contribution >= 0.6 is 0 Å². The van der Waals surface area contributed by atoms with Gasteiger partial charge in [-0.25, -0.2) is 4.98 Å². The Kier molecular flexibility index (Phi) is 5.85. The first-order valence-corrected chi connectivity index (χ1v) is 6.44. The van der Waals surface area contributed by atoms with Gasteiger partial charge < -0.3 is 9.30 Å². The number of carbonyl (C=O) groups is 1. The molecule has 0 saturated carbocycles. The molecular weight excluding hydrogens is 230 g/mol. The molecule has 1 aromatic rings. The Bertz CT molecular complexity index is 376. The van der Waals surface area contributed by atoms with E-state index in [-0.39, 0.29) is 17.9 Å². The number of nitrogens with one attached hydrogen (secondary N) is 1. The van der Waals surface area contributed by atoms with Crippen molar-refractivity contribution in [3.8, 4) is 0 Å². The van der Waals surface area contributed by atoms with E-state index in [9.17, 15) is 4.79 Å². The maximum Gasteiger partial charge on any atom is 0.323 e. The maximum atomic E-state index is 11.7. The van der Waals surface area contributed by atoms with Crippen LogP contribution in [0.3, 0.4) is 0 Å². The van der Waals surface area contributed by atoms with Crippen LogP contribution in [-0.4, -0.2) is 28.7 Å². The van der Waals surface area contributed by atoms with E-state index in [4.69, 9.17) is 4.74 Å². The van der Waals surface area contributed by atoms with Crippen molar-refractivity contribution in [3.63, 3.8) is 0 Å². The summed E-state index contributed by atoms with van der Waals surface area (Å²) in [4.78, 5) is 15.8. The van der Waals surface area contributed by atoms with Crippen molar-refractivity contribution in [3.05, 3.63) is 18.2 Å². The van der Waals surface area contributed by atoms with E-state index in [0.29, 0.717) is 6.54 Å². The van der Waals surface area contributed by atoms with Gasteiger partial charge in [0, 0.05) is 19.3 Å². The van der Waals surface area contributed by atoms with Crippen molar-refractivity contribution in [1.82, 2.24) is 14.9 Å². The van der Waals surface area contributed by atoms with Gasteiger partial charge in [-0.05, 0) is 12.8 Å². The minimum atomic E-state index is -0.264. The second kappa shape index (κ2) is 7.16. The van der Waals surface area contributed by atoms with Crippen molar-refractivity contribution in [1.29, 1.82) is 0 Å². The lowest BCUT2D eigenvalue weighted by Crippen LogP contribution is -2.42. The number of aromatic nitrogens is 2. The van der Waals surface area contributed by atoms with E-state index in [2.05, 4.69) is 28.7 Å². The summed E-state index contributed by atoms with van der Waals surface area (Å²) < 4.78 is 6.89. The molecule has 0 aliphatic heterocycles. The molecule has 1 aromatic heterocycles. The van der Waals surface area contributed by atoms with Gasteiger partial charge in [-0.3, -0.25) is 10.1 Å². The van der Waals surface area contributed by atoms with E-state index in [1.807, 2.05) is 13.1 Å². The standard InChI is InChI=1S/C13H23N3O2/c1-5-10(3)12(13(17)18-4)15-8-11-7-14-9-16(11)6-2/h7,9-10,12,15H,5-6,8H2,1-4H3. The van der Waals surface area contributed by atoms with Crippen LogP contribution in [0.15, 0.2) is 12.5 Å². The zero-order valence-corrected chi connectivity index (χ0v) is 11.6. The summed E-state index contributed by atoms with van der Waals surface area (Å²) in [6, 6.07) is -0.264. The summed E-state index contributed by atoms with van der Waals surface area (Å²) in [5.41, 5.74) is 1.08. The zero-order chi connectivity index (χ0) is 13.5. The second-order valence-electron chi connectivity index (χ2n) is 4.44. The first-order valence-electron chi connectivity index (χ1n) is 6.44. The Morgan fingerprint density at radius 3 is 2.83 bits per heavy atom. The predicted molar refractivity (Wildman–Crippen MR) is 70.0 cm³/mol. The molecule has 5 heteroatoms. The van der Waals surface area contributed by atoms with E-state index >= 15 is 0 Å². The van der Waals surface area contributed by atoms with Crippen LogP contribution < -0.4 is 5.32 Å². The van der Waals surface area contributed by atoms with Gasteiger partial charge in [0.1, 0.15) is 6.04 Å². The Morgan fingerprint density at radius 2 is 2.28 bits per heavy atom. The Labute approximate surface area is 109 Å². The number of methoxy groups -OCH3 is 1. The van der Waals surface area contributed by atoms with E-state index < -0.39 is 0 Å². The average molecular weight is 253 g/mol. The van der Waals surface area contributed by atoms with Gasteiger partial charge in [0.15, 0.2) is 0 Å². The van der Waals surface area contributed by atoms with Gasteiger partial charge in [0.25, 0.3) is 0 Å². The third-order valence-electron chi connectivity index (χ3n) is 3.31. The smallest absolute Gasteiger partial charge is 0.323 e. The van der Waals surface area contributed by atoms with Gasteiger partial charge in [-0.15, -0.1) is 0 Å². The molecule has 0 fully saturated rings. The quantitative estimate of drug-likeness (QED) is 0.750. The Hall–Kier alpha value is -1.36. The number of ether oxygens (including phenoxy) is 1. The van der Waals surface area contributed by atoms with Crippen molar-refractivity contribution >= 4 is 5.97 Å². The topological polar surface area (TPSA) is 56.2 Å². The van der Waals surface area contributed by atoms with Crippen LogP contribution in [0.25, 0.3) is 0 Å². The maximum absolute atomic E-state index is 11.7. The lowest BCUT2D eigenvalue weighted by atomic mass is 9.99. The third kappa shape index (κ3) is 3.57. The lowest BCUT2D eigenvalue weighted by Gasteiger charge is -2.22. The summed E-state index contributed by atoms with van der Waals surface area (Å²) in [5.74, 6) is 0.0439. The van der Waals surface area contributed by atoms with E-state index in [1.54, 1.807) is 6.33 Å². The number of rotatable bonds is 7. The average Bonchev–Trinajstić information content (AvgIpc) is 2.85. The molecule has 0 spiro atoms. The number of nitrogens with zero attached hydrogens (tertiary/aromatic N) is 2. The summed E-state index contributed by atoms with van der Waals surface area (Å²) in [7, 11) is 1.43. The van der Waals surface area contributed by atoms with Crippen LogP contribution in [0.1, 0.15) is 32.9 Å². The number of aryl methyl sites for hydroxylation is 1. The fraction of sp³-hybridized carbons (Fsp3) is 0.692. The molecule has 1 rings (SSSR count). The highest BCUT2D eigenvalue weighted by molar-refractivity contribution is 5.75. The van der Waals surface area contributed by atoms with Crippen LogP contribution in [-0.2, 0) is 22.6 Å². The molecule has 2 atom stereocenters. The third-order valence-corrected chi connectivity index (χ3v) is 3.31. The summed E-state index contributed by atoms with van der Waals surface area (Å²) in [6.45, 7) is 7.68. The first-order chi connectivity index (χ1) is 8.63. The largest absolute Gasteiger partial charge is 0.468 e. The molecular formula is C13H23N3O2. The molecule has 2 unspecified atom stereocenters. The fourth-order valence-corrected chi connectivity index (χ4v) is 1.87. The fourth-order valence-electron chi connectivity index (χ4n) is 1.87. The SMILES string of the molecule is CCC(C)C(NCc1cncn1CC)C(=O)OC. The van der Waals surface area contributed by atoms with E-state index in [1.165, 1.54) is 7.11 Å². The molecule has 102 valence electrons. The van der Waals surface area contributed by atoms with Crippen molar-refractivity contribution in [2.45, 2.75) is 46.3 Å². The molecule has 1 heterocycles. The highest BCUT2D eigenvalue weighted by atomic mass is 16.5. The summed E-state index contributed by atoms with van der Waals surface area (Å²) >= 11 is 0. The molecule has 18 heavy (non-hydrogen) atoms. The minimum Gasteiger partial charge on any atom is -0.468 e. The summed E-state index contributed by atoms with van der Waals surface area (Å²) in [6.07, 6.45) is 4.55. The Balaban J connectivity index is 2.64. The van der Waals surface area contributed by atoms with Gasteiger partial charge in [-0.2, -0.15) is 0 Å². The molecule has 0 amide bonds. The van der Waals surface area contributed by atoms with Crippen LogP contribution in [0.4, 0.5) is 0 Å². The second-order valence-corrected chi connectivity index (χ2v) is 4.44. The number of hydrogen-bond acceptors (Lipinski definition) is 4. The lowest BCUT2D eigenvalue weighted by molar-refractivity contribution is -0.144. The van der Waals surface area contributed by atoms with Crippen molar-refractivity contribution in [2.24, 2.45) is 5.92 Å². The molecule has 5 nitrogen and oxygen atoms in total. The highest BCUT2D eigenvalue weighted by Crippen LogP contribution is 2.10. The monoisotopic (exact) mass is 253 g/mol. The van der Waals surface area contributed by atoms with Crippen LogP contribution in [0.5, 0.6) is 0 Å². The Morgan fingerprint density at radius 1 is 1.56 bits per heavy atom. The molecule has 0 radical (unpaired) electrons. The summed E-state index contributed by atoms with van der Waals surface area (Å²) in [5, 5.41) is 3.26. The van der Waals surface area contributed by atoms with Gasteiger partial charge in [-0.1, -0.05) is 20.3 Å².